The van der Waals surface area contributed by atoms with Crippen LogP contribution in [0, 0.1) is 0 Å². The minimum Gasteiger partial charge on any atom is -0.496 e. The Morgan fingerprint density at radius 2 is 2.00 bits per heavy atom. The Labute approximate surface area is 160 Å². The molecule has 0 spiro atoms. The van der Waals surface area contributed by atoms with Crippen LogP contribution in [0.1, 0.15) is 10.4 Å². The van der Waals surface area contributed by atoms with Gasteiger partial charge in [-0.15, -0.1) is 0 Å². The number of ether oxygens (including phenoxy) is 2. The van der Waals surface area contributed by atoms with Gasteiger partial charge < -0.3 is 19.7 Å². The lowest BCUT2D eigenvalue weighted by Crippen LogP contribution is -2.36. The maximum atomic E-state index is 12.7. The largest absolute Gasteiger partial charge is 0.496 e. The van der Waals surface area contributed by atoms with Crippen LogP contribution in [0.25, 0.3) is 0 Å². The first-order chi connectivity index (χ1) is 12.1. The molecule has 2 aromatic carbocycles. The van der Waals surface area contributed by atoms with Gasteiger partial charge in [0.1, 0.15) is 5.75 Å². The van der Waals surface area contributed by atoms with Gasteiger partial charge in [0.05, 0.1) is 36.2 Å². The quantitative estimate of drug-likeness (QED) is 0.798. The smallest absolute Gasteiger partial charge is 0.255 e. The maximum absolute atomic E-state index is 12.7. The first-order valence-electron chi connectivity index (χ1n) is 7.85. The van der Waals surface area contributed by atoms with E-state index in [0.29, 0.717) is 35.2 Å². The number of methoxy groups -OCH3 is 1. The first-order valence-corrected chi connectivity index (χ1v) is 9.02. The molecule has 3 rings (SSSR count). The van der Waals surface area contributed by atoms with Gasteiger partial charge in [-0.3, -0.25) is 4.79 Å². The fourth-order valence-electron chi connectivity index (χ4n) is 2.69. The van der Waals surface area contributed by atoms with Gasteiger partial charge in [0, 0.05) is 23.7 Å². The molecular formula is C18H18BrClN2O3. The van der Waals surface area contributed by atoms with Gasteiger partial charge in [-0.05, 0) is 52.3 Å². The number of halogens is 2. The highest BCUT2D eigenvalue weighted by atomic mass is 79.9. The van der Waals surface area contributed by atoms with Crippen LogP contribution in [-0.4, -0.2) is 39.3 Å². The predicted molar refractivity (Wildman–Crippen MR) is 103 cm³/mol. The number of amides is 1. The molecule has 5 nitrogen and oxygen atoms in total. The highest BCUT2D eigenvalue weighted by Gasteiger charge is 2.17. The molecule has 0 radical (unpaired) electrons. The van der Waals surface area contributed by atoms with Crippen molar-refractivity contribution in [2.24, 2.45) is 0 Å². The lowest BCUT2D eigenvalue weighted by atomic mass is 10.1. The van der Waals surface area contributed by atoms with Crippen molar-refractivity contribution in [2.45, 2.75) is 0 Å². The molecule has 0 saturated carbocycles. The summed E-state index contributed by atoms with van der Waals surface area (Å²) in [6.45, 7) is 2.89. The van der Waals surface area contributed by atoms with Gasteiger partial charge in [-0.2, -0.15) is 0 Å². The number of carbonyl (C=O) groups is 1. The van der Waals surface area contributed by atoms with E-state index in [1.54, 1.807) is 31.4 Å². The Morgan fingerprint density at radius 3 is 2.68 bits per heavy atom. The molecule has 1 aliphatic rings. The van der Waals surface area contributed by atoms with Crippen LogP contribution in [0.15, 0.2) is 40.9 Å². The topological polar surface area (TPSA) is 50.8 Å². The zero-order valence-electron chi connectivity index (χ0n) is 13.7. The van der Waals surface area contributed by atoms with E-state index in [0.717, 1.165) is 23.2 Å². The van der Waals surface area contributed by atoms with Crippen molar-refractivity contribution in [3.05, 3.63) is 51.5 Å². The number of nitrogens with zero attached hydrogens (tertiary/aromatic N) is 1. The number of nitrogens with one attached hydrogen (secondary N) is 1. The van der Waals surface area contributed by atoms with E-state index in [1.165, 1.54) is 0 Å². The van der Waals surface area contributed by atoms with E-state index in [2.05, 4.69) is 26.1 Å². The summed E-state index contributed by atoms with van der Waals surface area (Å²) in [4.78, 5) is 14.8. The van der Waals surface area contributed by atoms with Gasteiger partial charge in [0.2, 0.25) is 0 Å². The van der Waals surface area contributed by atoms with Crippen LogP contribution in [0.3, 0.4) is 0 Å². The fourth-order valence-corrected chi connectivity index (χ4v) is 3.40. The van der Waals surface area contributed by atoms with Crippen LogP contribution < -0.4 is 15.0 Å². The number of benzene rings is 2. The molecule has 0 aromatic heterocycles. The summed E-state index contributed by atoms with van der Waals surface area (Å²) in [6.07, 6.45) is 0. The second kappa shape index (κ2) is 8.08. The molecule has 0 aliphatic carbocycles. The molecule has 1 fully saturated rings. The van der Waals surface area contributed by atoms with Gasteiger partial charge >= 0.3 is 0 Å². The summed E-state index contributed by atoms with van der Waals surface area (Å²) >= 11 is 9.53. The van der Waals surface area contributed by atoms with E-state index in [-0.39, 0.29) is 5.91 Å². The normalized spacial score (nSPS) is 14.3. The molecule has 0 bridgehead atoms. The fraction of sp³-hybridized carbons (Fsp3) is 0.278. The molecule has 1 aliphatic heterocycles. The maximum Gasteiger partial charge on any atom is 0.255 e. The van der Waals surface area contributed by atoms with E-state index < -0.39 is 0 Å². The Kier molecular flexibility index (Phi) is 5.83. The summed E-state index contributed by atoms with van der Waals surface area (Å²) in [6, 6.07) is 10.7. The summed E-state index contributed by atoms with van der Waals surface area (Å²) in [5.74, 6) is 0.466. The molecule has 1 amide bonds. The lowest BCUT2D eigenvalue weighted by molar-refractivity contribution is 0.102. The monoisotopic (exact) mass is 424 g/mol. The third kappa shape index (κ3) is 4.26. The Balaban J connectivity index is 1.85. The van der Waals surface area contributed by atoms with Gasteiger partial charge in [0.25, 0.3) is 5.91 Å². The number of morpholine rings is 1. The van der Waals surface area contributed by atoms with Crippen LogP contribution in [0.5, 0.6) is 5.75 Å². The zero-order valence-corrected chi connectivity index (χ0v) is 16.1. The molecular weight excluding hydrogens is 408 g/mol. The standard InChI is InChI=1S/C18H18BrClN2O3/c1-24-17-5-2-12(10-14(17)19)18(23)21-15-11-13(20)3-4-16(15)22-6-8-25-9-7-22/h2-5,10-11H,6-9H2,1H3,(H,21,23). The van der Waals surface area contributed by atoms with Crippen molar-refractivity contribution in [2.75, 3.05) is 43.6 Å². The van der Waals surface area contributed by atoms with Gasteiger partial charge in [0.15, 0.2) is 0 Å². The highest BCUT2D eigenvalue weighted by Crippen LogP contribution is 2.31. The molecule has 1 saturated heterocycles. The van der Waals surface area contributed by atoms with Crippen molar-refractivity contribution in [3.63, 3.8) is 0 Å². The first kappa shape index (κ1) is 18.0. The third-order valence-corrected chi connectivity index (χ3v) is 4.83. The summed E-state index contributed by atoms with van der Waals surface area (Å²) in [5.41, 5.74) is 2.15. The van der Waals surface area contributed by atoms with Crippen molar-refractivity contribution in [3.8, 4) is 5.75 Å². The van der Waals surface area contributed by atoms with Crippen molar-refractivity contribution in [1.29, 1.82) is 0 Å². The second-order valence-electron chi connectivity index (χ2n) is 5.56. The van der Waals surface area contributed by atoms with Crippen molar-refractivity contribution < 1.29 is 14.3 Å². The van der Waals surface area contributed by atoms with Crippen LogP contribution in [-0.2, 0) is 4.74 Å². The Hall–Kier alpha value is -1.76. The second-order valence-corrected chi connectivity index (χ2v) is 6.86. The van der Waals surface area contributed by atoms with Gasteiger partial charge in [-0.25, -0.2) is 0 Å². The SMILES string of the molecule is COc1ccc(C(=O)Nc2cc(Cl)ccc2N2CCOCC2)cc1Br. The van der Waals surface area contributed by atoms with Crippen molar-refractivity contribution >= 4 is 44.8 Å². The van der Waals surface area contributed by atoms with E-state index in [9.17, 15) is 4.79 Å². The van der Waals surface area contributed by atoms with E-state index in [1.807, 2.05) is 12.1 Å². The third-order valence-electron chi connectivity index (χ3n) is 3.97. The lowest BCUT2D eigenvalue weighted by Gasteiger charge is -2.30. The average Bonchev–Trinajstić information content (AvgIpc) is 2.62. The van der Waals surface area contributed by atoms with Crippen LogP contribution in [0.2, 0.25) is 5.02 Å². The van der Waals surface area contributed by atoms with E-state index in [4.69, 9.17) is 21.1 Å². The minimum absolute atomic E-state index is 0.208. The highest BCUT2D eigenvalue weighted by molar-refractivity contribution is 9.10. The molecule has 7 heteroatoms. The average molecular weight is 426 g/mol. The number of carbonyl (C=O) groups excluding carboxylic acids is 1. The van der Waals surface area contributed by atoms with Crippen LogP contribution in [0.4, 0.5) is 11.4 Å². The summed E-state index contributed by atoms with van der Waals surface area (Å²) in [7, 11) is 1.58. The number of hydrogen-bond acceptors (Lipinski definition) is 4. The minimum atomic E-state index is -0.208. The molecule has 2 aromatic rings. The summed E-state index contributed by atoms with van der Waals surface area (Å²) < 4.78 is 11.3. The number of anilines is 2. The molecule has 0 atom stereocenters. The Morgan fingerprint density at radius 1 is 1.24 bits per heavy atom. The zero-order chi connectivity index (χ0) is 17.8. The molecule has 132 valence electrons. The van der Waals surface area contributed by atoms with Crippen LogP contribution >= 0.6 is 27.5 Å². The molecule has 25 heavy (non-hydrogen) atoms. The molecule has 1 heterocycles. The predicted octanol–water partition coefficient (Wildman–Crippen LogP) is 4.20. The Bertz CT molecular complexity index is 779. The molecule has 0 unspecified atom stereocenters. The van der Waals surface area contributed by atoms with E-state index >= 15 is 0 Å². The summed E-state index contributed by atoms with van der Waals surface area (Å²) in [5, 5.41) is 3.53. The number of hydrogen-bond donors (Lipinski definition) is 1. The van der Waals surface area contributed by atoms with Crippen molar-refractivity contribution in [1.82, 2.24) is 0 Å². The molecule has 1 N–H and O–H groups in total. The number of rotatable bonds is 4. The van der Waals surface area contributed by atoms with Gasteiger partial charge in [-0.1, -0.05) is 11.6 Å².